The Bertz CT molecular complexity index is 216. The first-order chi connectivity index (χ1) is 5.74. The van der Waals surface area contributed by atoms with Gasteiger partial charge in [0.2, 0.25) is 5.91 Å². The molecule has 0 bridgehead atoms. The Morgan fingerprint density at radius 3 is 3.17 bits per heavy atom. The van der Waals surface area contributed by atoms with Gasteiger partial charge in [0.05, 0.1) is 13.2 Å². The number of carbonyl (C=O) groups excluding carboxylic acids is 1. The fraction of sp³-hybridized carbons (Fsp3) is 0.833. The molecule has 0 spiro atoms. The van der Waals surface area contributed by atoms with Crippen LogP contribution in [0.15, 0.2) is 5.11 Å². The standard InChI is InChI=1S/C6H10N4O2/c1-5(11)10-2-3-12-6(4-10)8-9-7/h6H,2-4H2,1H3. The van der Waals surface area contributed by atoms with E-state index in [0.29, 0.717) is 19.7 Å². The fourth-order valence-corrected chi connectivity index (χ4v) is 1.04. The molecular weight excluding hydrogens is 160 g/mol. The first-order valence-corrected chi connectivity index (χ1v) is 3.65. The van der Waals surface area contributed by atoms with Gasteiger partial charge in [0.1, 0.15) is 0 Å². The van der Waals surface area contributed by atoms with Crippen LogP contribution in [-0.4, -0.2) is 36.7 Å². The Hall–Kier alpha value is -1.26. The molecule has 1 rings (SSSR count). The number of morpholine rings is 1. The summed E-state index contributed by atoms with van der Waals surface area (Å²) in [5.74, 6) is -0.0172. The average Bonchev–Trinajstić information content (AvgIpc) is 2.05. The van der Waals surface area contributed by atoms with Gasteiger partial charge in [0, 0.05) is 18.4 Å². The third-order valence-corrected chi connectivity index (χ3v) is 1.67. The van der Waals surface area contributed by atoms with Gasteiger partial charge >= 0.3 is 0 Å². The highest BCUT2D eigenvalue weighted by Crippen LogP contribution is 2.06. The van der Waals surface area contributed by atoms with Crippen molar-refractivity contribution in [2.45, 2.75) is 13.2 Å². The number of ether oxygens (including phenoxy) is 1. The minimum Gasteiger partial charge on any atom is -0.368 e. The number of nitrogens with zero attached hydrogens (tertiary/aromatic N) is 4. The fourth-order valence-electron chi connectivity index (χ4n) is 1.04. The average molecular weight is 170 g/mol. The molecule has 0 saturated carbocycles. The van der Waals surface area contributed by atoms with Crippen LogP contribution in [0.1, 0.15) is 6.92 Å². The van der Waals surface area contributed by atoms with Gasteiger partial charge in [-0.3, -0.25) is 4.79 Å². The highest BCUT2D eigenvalue weighted by molar-refractivity contribution is 5.73. The van der Waals surface area contributed by atoms with E-state index in [2.05, 4.69) is 10.0 Å². The second-order valence-corrected chi connectivity index (χ2v) is 2.50. The summed E-state index contributed by atoms with van der Waals surface area (Å²) in [7, 11) is 0. The third-order valence-electron chi connectivity index (χ3n) is 1.67. The minimum atomic E-state index is -0.521. The third kappa shape index (κ3) is 2.11. The van der Waals surface area contributed by atoms with Crippen LogP contribution < -0.4 is 0 Å². The van der Waals surface area contributed by atoms with Gasteiger partial charge in [-0.1, -0.05) is 5.11 Å². The highest BCUT2D eigenvalue weighted by atomic mass is 16.5. The van der Waals surface area contributed by atoms with Gasteiger partial charge in [0.15, 0.2) is 6.23 Å². The van der Waals surface area contributed by atoms with Gasteiger partial charge in [-0.15, -0.1) is 0 Å². The van der Waals surface area contributed by atoms with Crippen LogP contribution in [0.5, 0.6) is 0 Å². The molecule has 0 aromatic rings. The Balaban J connectivity index is 2.51. The maximum Gasteiger partial charge on any atom is 0.219 e. The summed E-state index contributed by atoms with van der Waals surface area (Å²) in [6, 6.07) is 0. The zero-order chi connectivity index (χ0) is 8.97. The predicted molar refractivity (Wildman–Crippen MR) is 41.1 cm³/mol. The Morgan fingerprint density at radius 2 is 2.58 bits per heavy atom. The summed E-state index contributed by atoms with van der Waals surface area (Å²) in [5.41, 5.74) is 8.12. The van der Waals surface area contributed by atoms with Crippen LogP contribution in [0.25, 0.3) is 10.4 Å². The molecular formula is C6H10N4O2. The number of hydrogen-bond acceptors (Lipinski definition) is 3. The molecule has 1 atom stereocenters. The maximum atomic E-state index is 10.9. The molecule has 1 saturated heterocycles. The molecule has 0 radical (unpaired) electrons. The van der Waals surface area contributed by atoms with Gasteiger partial charge in [-0.2, -0.15) is 0 Å². The zero-order valence-corrected chi connectivity index (χ0v) is 6.80. The van der Waals surface area contributed by atoms with Crippen molar-refractivity contribution in [2.24, 2.45) is 5.11 Å². The topological polar surface area (TPSA) is 78.3 Å². The van der Waals surface area contributed by atoms with Crippen molar-refractivity contribution in [1.82, 2.24) is 4.90 Å². The van der Waals surface area contributed by atoms with Gasteiger partial charge in [-0.25, -0.2) is 0 Å². The quantitative estimate of drug-likeness (QED) is 0.326. The molecule has 1 unspecified atom stereocenters. The second kappa shape index (κ2) is 3.94. The number of azide groups is 1. The van der Waals surface area contributed by atoms with Gasteiger partial charge in [0.25, 0.3) is 0 Å². The van der Waals surface area contributed by atoms with Crippen LogP contribution in [-0.2, 0) is 9.53 Å². The van der Waals surface area contributed by atoms with E-state index < -0.39 is 6.23 Å². The Morgan fingerprint density at radius 1 is 1.83 bits per heavy atom. The molecule has 1 aliphatic heterocycles. The van der Waals surface area contributed by atoms with Crippen molar-refractivity contribution < 1.29 is 9.53 Å². The molecule has 0 N–H and O–H groups in total. The molecule has 0 aromatic carbocycles. The molecule has 12 heavy (non-hydrogen) atoms. The minimum absolute atomic E-state index is 0.0172. The van der Waals surface area contributed by atoms with Crippen molar-refractivity contribution in [1.29, 1.82) is 0 Å². The lowest BCUT2D eigenvalue weighted by molar-refractivity contribution is -0.136. The first kappa shape index (κ1) is 8.83. The molecule has 0 aliphatic carbocycles. The van der Waals surface area contributed by atoms with E-state index in [1.54, 1.807) is 4.90 Å². The number of rotatable bonds is 1. The van der Waals surface area contributed by atoms with Crippen molar-refractivity contribution in [2.75, 3.05) is 19.7 Å². The largest absolute Gasteiger partial charge is 0.368 e. The van der Waals surface area contributed by atoms with Crippen molar-refractivity contribution in [3.05, 3.63) is 10.4 Å². The van der Waals surface area contributed by atoms with E-state index in [1.807, 2.05) is 0 Å². The molecule has 1 amide bonds. The summed E-state index contributed by atoms with van der Waals surface area (Å²) in [6.45, 7) is 2.86. The van der Waals surface area contributed by atoms with E-state index in [9.17, 15) is 4.79 Å². The Kier molecular flexibility index (Phi) is 2.90. The summed E-state index contributed by atoms with van der Waals surface area (Å²) in [6.07, 6.45) is -0.521. The van der Waals surface area contributed by atoms with E-state index in [0.717, 1.165) is 0 Å². The number of hydrogen-bond donors (Lipinski definition) is 0. The molecule has 6 nitrogen and oxygen atoms in total. The molecule has 1 heterocycles. The van der Waals surface area contributed by atoms with Crippen molar-refractivity contribution >= 4 is 5.91 Å². The maximum absolute atomic E-state index is 10.9. The monoisotopic (exact) mass is 170 g/mol. The second-order valence-electron chi connectivity index (χ2n) is 2.50. The highest BCUT2D eigenvalue weighted by Gasteiger charge is 2.20. The van der Waals surface area contributed by atoms with Gasteiger partial charge in [-0.05, 0) is 5.53 Å². The normalized spacial score (nSPS) is 23.1. The molecule has 6 heteroatoms. The lowest BCUT2D eigenvalue weighted by atomic mass is 10.4. The summed E-state index contributed by atoms with van der Waals surface area (Å²) in [4.78, 5) is 15.1. The number of carbonyl (C=O) groups is 1. The molecule has 0 aromatic heterocycles. The predicted octanol–water partition coefficient (Wildman–Crippen LogP) is 0.501. The van der Waals surface area contributed by atoms with Crippen molar-refractivity contribution in [3.63, 3.8) is 0 Å². The van der Waals surface area contributed by atoms with Crippen LogP contribution >= 0.6 is 0 Å². The lowest BCUT2D eigenvalue weighted by Crippen LogP contribution is -2.43. The first-order valence-electron chi connectivity index (χ1n) is 3.65. The van der Waals surface area contributed by atoms with Crippen molar-refractivity contribution in [3.8, 4) is 0 Å². The van der Waals surface area contributed by atoms with E-state index in [-0.39, 0.29) is 5.91 Å². The molecule has 1 aliphatic rings. The van der Waals surface area contributed by atoms with Crippen LogP contribution in [0.3, 0.4) is 0 Å². The number of amides is 1. The van der Waals surface area contributed by atoms with Gasteiger partial charge < -0.3 is 9.64 Å². The lowest BCUT2D eigenvalue weighted by Gasteiger charge is -2.29. The van der Waals surface area contributed by atoms with Crippen LogP contribution in [0.2, 0.25) is 0 Å². The summed E-state index contributed by atoms with van der Waals surface area (Å²) < 4.78 is 5.08. The van der Waals surface area contributed by atoms with Crippen LogP contribution in [0.4, 0.5) is 0 Å². The van der Waals surface area contributed by atoms with E-state index >= 15 is 0 Å². The van der Waals surface area contributed by atoms with Crippen LogP contribution in [0, 0.1) is 0 Å². The zero-order valence-electron chi connectivity index (χ0n) is 6.80. The molecule has 66 valence electrons. The summed E-state index contributed by atoms with van der Waals surface area (Å²) >= 11 is 0. The van der Waals surface area contributed by atoms with E-state index in [4.69, 9.17) is 10.3 Å². The smallest absolute Gasteiger partial charge is 0.219 e. The molecule has 1 fully saturated rings. The summed E-state index contributed by atoms with van der Waals surface area (Å²) in [5, 5.41) is 3.38. The van der Waals surface area contributed by atoms with E-state index in [1.165, 1.54) is 6.92 Å². The SMILES string of the molecule is CC(=O)N1CCOC(N=[N+]=[N-])C1. The Labute approximate surface area is 69.7 Å².